The molecule has 2 N–H and O–H groups in total. The Bertz CT molecular complexity index is 766. The number of aryl methyl sites for hydroxylation is 1. The van der Waals surface area contributed by atoms with Crippen LogP contribution in [0.25, 0.3) is 0 Å². The maximum absolute atomic E-state index is 5.46. The van der Waals surface area contributed by atoms with E-state index in [1.165, 1.54) is 22.8 Å². The Morgan fingerprint density at radius 1 is 1.07 bits per heavy atom. The molecule has 1 aromatic carbocycles. The van der Waals surface area contributed by atoms with Crippen LogP contribution in [-0.4, -0.2) is 47.8 Å². The van der Waals surface area contributed by atoms with Crippen LogP contribution in [0.15, 0.2) is 18.2 Å². The van der Waals surface area contributed by atoms with Gasteiger partial charge in [-0.05, 0) is 59.7 Å². The van der Waals surface area contributed by atoms with E-state index in [0.29, 0.717) is 31.1 Å². The fraction of sp³-hybridized carbons (Fsp3) is 0.550. The monoisotopic (exact) mass is 496 g/mol. The Morgan fingerprint density at radius 3 is 2.61 bits per heavy atom. The Hall–Kier alpha value is -1.68. The maximum Gasteiger partial charge on any atom is 0.233 e. The Balaban J connectivity index is 1.77. The van der Waals surface area contributed by atoms with Gasteiger partial charge in [0.05, 0.1) is 13.2 Å². The molecule has 1 aliphatic rings. The third-order valence-electron chi connectivity index (χ3n) is 4.67. The lowest BCUT2D eigenvalue weighted by Crippen LogP contribution is -2.37. The van der Waals surface area contributed by atoms with Crippen LogP contribution in [0.3, 0.4) is 0 Å². The quantitative estimate of drug-likeness (QED) is 0.395. The first kappa shape index (κ1) is 21.0. The highest BCUT2D eigenvalue weighted by atomic mass is 127. The molecule has 1 saturated heterocycles. The summed E-state index contributed by atoms with van der Waals surface area (Å²) in [5.74, 6) is 1.88. The van der Waals surface area contributed by atoms with Gasteiger partial charge in [0.1, 0.15) is 0 Å². The van der Waals surface area contributed by atoms with Crippen LogP contribution in [0.4, 0.5) is 23.5 Å². The van der Waals surface area contributed by atoms with Gasteiger partial charge in [-0.15, -0.1) is 0 Å². The average molecular weight is 496 g/mol. The summed E-state index contributed by atoms with van der Waals surface area (Å²) in [6, 6.07) is 6.28. The number of benzene rings is 1. The molecule has 1 fully saturated rings. The minimum absolute atomic E-state index is 0.567. The predicted octanol–water partition coefficient (Wildman–Crippen LogP) is 4.36. The first-order valence-corrected chi connectivity index (χ1v) is 11.1. The normalized spacial score (nSPS) is 14.2. The summed E-state index contributed by atoms with van der Waals surface area (Å²) in [7, 11) is 0. The van der Waals surface area contributed by atoms with Gasteiger partial charge in [0, 0.05) is 28.9 Å². The van der Waals surface area contributed by atoms with E-state index < -0.39 is 0 Å². The van der Waals surface area contributed by atoms with Crippen LogP contribution < -0.4 is 15.5 Å². The number of morpholine rings is 1. The van der Waals surface area contributed by atoms with Gasteiger partial charge in [-0.25, -0.2) is 0 Å². The molecule has 0 atom stereocenters. The van der Waals surface area contributed by atoms with Gasteiger partial charge in [0.15, 0.2) is 0 Å². The van der Waals surface area contributed by atoms with Gasteiger partial charge >= 0.3 is 0 Å². The van der Waals surface area contributed by atoms with Gasteiger partial charge in [-0.3, -0.25) is 0 Å². The van der Waals surface area contributed by atoms with Gasteiger partial charge < -0.3 is 20.3 Å². The van der Waals surface area contributed by atoms with Crippen LogP contribution in [0.2, 0.25) is 0 Å². The fourth-order valence-corrected chi connectivity index (χ4v) is 3.69. The Morgan fingerprint density at radius 2 is 1.86 bits per heavy atom. The van der Waals surface area contributed by atoms with Crippen LogP contribution in [-0.2, 0) is 4.74 Å². The van der Waals surface area contributed by atoms with Gasteiger partial charge in [0.25, 0.3) is 0 Å². The second kappa shape index (κ2) is 10.8. The molecule has 0 bridgehead atoms. The molecule has 0 saturated carbocycles. The summed E-state index contributed by atoms with van der Waals surface area (Å²) >= 11 is 2.32. The zero-order valence-corrected chi connectivity index (χ0v) is 18.8. The number of anilines is 4. The molecule has 0 amide bonds. The third kappa shape index (κ3) is 6.16. The topological polar surface area (TPSA) is 75.2 Å². The number of unbranched alkanes of at least 4 members (excludes halogenated alkanes) is 3. The van der Waals surface area contributed by atoms with E-state index in [-0.39, 0.29) is 0 Å². The van der Waals surface area contributed by atoms with E-state index in [2.05, 4.69) is 85.1 Å². The van der Waals surface area contributed by atoms with Crippen molar-refractivity contribution in [3.8, 4) is 0 Å². The summed E-state index contributed by atoms with van der Waals surface area (Å²) < 4.78 is 6.67. The molecular weight excluding hydrogens is 467 g/mol. The molecule has 0 aliphatic carbocycles. The minimum Gasteiger partial charge on any atom is -0.378 e. The molecular formula is C20H29IN6O. The highest BCUT2D eigenvalue weighted by molar-refractivity contribution is 14.1. The standard InChI is InChI=1S/C20H29IN6O/c1-3-4-5-6-9-22-18-24-19(23-17-8-7-16(21)14-15(17)2)26-20(25-18)27-10-12-28-13-11-27/h7-8,14H,3-6,9-13H2,1-2H3,(H2,22,23,24,25,26). The number of nitrogens with one attached hydrogen (secondary N) is 2. The molecule has 0 radical (unpaired) electrons. The first-order chi connectivity index (χ1) is 13.7. The van der Waals surface area contributed by atoms with E-state index in [1.54, 1.807) is 0 Å². The second-order valence-corrected chi connectivity index (χ2v) is 8.20. The molecule has 0 spiro atoms. The van der Waals surface area contributed by atoms with Crippen molar-refractivity contribution in [2.45, 2.75) is 39.5 Å². The zero-order chi connectivity index (χ0) is 19.8. The van der Waals surface area contributed by atoms with Crippen molar-refractivity contribution in [2.75, 3.05) is 48.4 Å². The SMILES string of the molecule is CCCCCCNc1nc(Nc2ccc(I)cc2C)nc(N2CCOCC2)n1. The van der Waals surface area contributed by atoms with E-state index in [1.807, 2.05) is 0 Å². The number of halogens is 1. The highest BCUT2D eigenvalue weighted by Crippen LogP contribution is 2.22. The molecule has 28 heavy (non-hydrogen) atoms. The average Bonchev–Trinajstić information content (AvgIpc) is 2.70. The molecule has 7 nitrogen and oxygen atoms in total. The Kier molecular flexibility index (Phi) is 8.08. The first-order valence-electron chi connectivity index (χ1n) is 10.0. The number of ether oxygens (including phenoxy) is 1. The highest BCUT2D eigenvalue weighted by Gasteiger charge is 2.17. The van der Waals surface area contributed by atoms with Crippen LogP contribution >= 0.6 is 22.6 Å². The molecule has 1 aliphatic heterocycles. The molecule has 3 rings (SSSR count). The molecule has 152 valence electrons. The van der Waals surface area contributed by atoms with Gasteiger partial charge in [-0.2, -0.15) is 15.0 Å². The Labute approximate surface area is 180 Å². The van der Waals surface area contributed by atoms with Crippen molar-refractivity contribution in [2.24, 2.45) is 0 Å². The zero-order valence-electron chi connectivity index (χ0n) is 16.7. The number of hydrogen-bond donors (Lipinski definition) is 2. The van der Waals surface area contributed by atoms with Crippen LogP contribution in [0, 0.1) is 10.5 Å². The number of aromatic nitrogens is 3. The van der Waals surface area contributed by atoms with Crippen molar-refractivity contribution in [3.05, 3.63) is 27.3 Å². The number of rotatable bonds is 9. The van der Waals surface area contributed by atoms with Crippen molar-refractivity contribution >= 4 is 46.1 Å². The van der Waals surface area contributed by atoms with Crippen LogP contribution in [0.5, 0.6) is 0 Å². The lowest BCUT2D eigenvalue weighted by molar-refractivity contribution is 0.122. The summed E-state index contributed by atoms with van der Waals surface area (Å²) in [5, 5.41) is 6.74. The van der Waals surface area contributed by atoms with Crippen molar-refractivity contribution in [1.82, 2.24) is 15.0 Å². The van der Waals surface area contributed by atoms with Crippen molar-refractivity contribution in [3.63, 3.8) is 0 Å². The molecule has 2 heterocycles. The van der Waals surface area contributed by atoms with E-state index in [9.17, 15) is 0 Å². The number of nitrogens with zero attached hydrogens (tertiary/aromatic N) is 4. The smallest absolute Gasteiger partial charge is 0.233 e. The lowest BCUT2D eigenvalue weighted by Gasteiger charge is -2.27. The van der Waals surface area contributed by atoms with Gasteiger partial charge in [0.2, 0.25) is 17.8 Å². The minimum atomic E-state index is 0.567. The molecule has 0 unspecified atom stereocenters. The summed E-state index contributed by atoms with van der Waals surface area (Å²) in [6.07, 6.45) is 4.83. The summed E-state index contributed by atoms with van der Waals surface area (Å²) in [4.78, 5) is 16.1. The van der Waals surface area contributed by atoms with Crippen molar-refractivity contribution in [1.29, 1.82) is 0 Å². The fourth-order valence-electron chi connectivity index (χ4n) is 3.04. The van der Waals surface area contributed by atoms with E-state index in [4.69, 9.17) is 4.74 Å². The largest absolute Gasteiger partial charge is 0.378 e. The molecule has 2 aromatic rings. The summed E-state index contributed by atoms with van der Waals surface area (Å²) in [5.41, 5.74) is 2.17. The molecule has 8 heteroatoms. The molecule has 1 aromatic heterocycles. The summed E-state index contributed by atoms with van der Waals surface area (Å²) in [6.45, 7) is 8.16. The number of hydrogen-bond acceptors (Lipinski definition) is 7. The van der Waals surface area contributed by atoms with Crippen molar-refractivity contribution < 1.29 is 4.74 Å². The third-order valence-corrected chi connectivity index (χ3v) is 5.34. The van der Waals surface area contributed by atoms with E-state index >= 15 is 0 Å². The second-order valence-electron chi connectivity index (χ2n) is 6.95. The maximum atomic E-state index is 5.46. The van der Waals surface area contributed by atoms with Gasteiger partial charge in [-0.1, -0.05) is 26.2 Å². The lowest BCUT2D eigenvalue weighted by atomic mass is 10.2. The van der Waals surface area contributed by atoms with Crippen LogP contribution in [0.1, 0.15) is 38.2 Å². The predicted molar refractivity (Wildman–Crippen MR) is 123 cm³/mol. The van der Waals surface area contributed by atoms with E-state index in [0.717, 1.165) is 37.3 Å².